The van der Waals surface area contributed by atoms with Gasteiger partial charge in [0.25, 0.3) is 21.8 Å². The topological polar surface area (TPSA) is 96.6 Å². The lowest BCUT2D eigenvalue weighted by Gasteiger charge is -2.29. The molecule has 1 unspecified atom stereocenters. The van der Waals surface area contributed by atoms with Crippen LogP contribution in [0.4, 0.5) is 0 Å². The summed E-state index contributed by atoms with van der Waals surface area (Å²) in [6, 6.07) is 11.5. The van der Waals surface area contributed by atoms with Crippen LogP contribution in [0.15, 0.2) is 56.6 Å². The standard InChI is InChI=1S/C19H20N4O4S2/c1-14-20-18(27-21-14)16-13-22(29(25,26)17-9-5-12-28-17)10-6-11-23(16)19(24)15-7-3-2-4-8-15/h2-5,7-9,12,16H,6,10-11,13H2,1H3. The van der Waals surface area contributed by atoms with Crippen LogP contribution in [-0.4, -0.2) is 53.3 Å². The molecule has 1 amide bonds. The van der Waals surface area contributed by atoms with Gasteiger partial charge >= 0.3 is 0 Å². The molecule has 1 saturated heterocycles. The molecule has 0 N–H and O–H groups in total. The third-order valence-corrected chi connectivity index (χ3v) is 8.00. The van der Waals surface area contributed by atoms with E-state index in [4.69, 9.17) is 4.52 Å². The predicted molar refractivity (Wildman–Crippen MR) is 107 cm³/mol. The van der Waals surface area contributed by atoms with Crippen molar-refractivity contribution in [2.45, 2.75) is 23.6 Å². The molecule has 1 fully saturated rings. The number of aryl methyl sites for hydroxylation is 1. The molecule has 1 atom stereocenters. The first-order valence-corrected chi connectivity index (χ1v) is 11.5. The Morgan fingerprint density at radius 1 is 1.17 bits per heavy atom. The van der Waals surface area contributed by atoms with Crippen molar-refractivity contribution in [3.8, 4) is 0 Å². The molecule has 3 heterocycles. The second-order valence-corrected chi connectivity index (χ2v) is 9.82. The van der Waals surface area contributed by atoms with Gasteiger partial charge in [-0.1, -0.05) is 29.4 Å². The van der Waals surface area contributed by atoms with Crippen LogP contribution in [0.3, 0.4) is 0 Å². The summed E-state index contributed by atoms with van der Waals surface area (Å²) in [7, 11) is -3.67. The number of carbonyl (C=O) groups is 1. The van der Waals surface area contributed by atoms with E-state index in [1.54, 1.807) is 53.6 Å². The summed E-state index contributed by atoms with van der Waals surface area (Å²) in [6.45, 7) is 2.44. The molecule has 3 aromatic rings. The molecule has 2 aromatic heterocycles. The van der Waals surface area contributed by atoms with Crippen molar-refractivity contribution in [1.29, 1.82) is 0 Å². The number of benzene rings is 1. The van der Waals surface area contributed by atoms with E-state index >= 15 is 0 Å². The second-order valence-electron chi connectivity index (χ2n) is 6.71. The van der Waals surface area contributed by atoms with E-state index in [0.717, 1.165) is 0 Å². The molecular weight excluding hydrogens is 412 g/mol. The van der Waals surface area contributed by atoms with Crippen LogP contribution in [0.2, 0.25) is 0 Å². The van der Waals surface area contributed by atoms with Crippen LogP contribution >= 0.6 is 11.3 Å². The van der Waals surface area contributed by atoms with E-state index in [1.165, 1.54) is 15.6 Å². The first-order chi connectivity index (χ1) is 14.0. The summed E-state index contributed by atoms with van der Waals surface area (Å²) in [5.41, 5.74) is 0.531. The molecule has 0 saturated carbocycles. The average molecular weight is 433 g/mol. The quantitative estimate of drug-likeness (QED) is 0.629. The van der Waals surface area contributed by atoms with E-state index in [1.807, 2.05) is 6.07 Å². The monoisotopic (exact) mass is 432 g/mol. The molecule has 1 aliphatic rings. The van der Waals surface area contributed by atoms with E-state index in [9.17, 15) is 13.2 Å². The van der Waals surface area contributed by atoms with Crippen molar-refractivity contribution in [2.24, 2.45) is 0 Å². The highest BCUT2D eigenvalue weighted by Crippen LogP contribution is 2.30. The molecule has 0 bridgehead atoms. The second kappa shape index (κ2) is 8.05. The highest BCUT2D eigenvalue weighted by atomic mass is 32.2. The van der Waals surface area contributed by atoms with Gasteiger partial charge in [-0.25, -0.2) is 8.42 Å². The largest absolute Gasteiger partial charge is 0.337 e. The van der Waals surface area contributed by atoms with E-state index in [2.05, 4.69) is 10.1 Å². The zero-order chi connectivity index (χ0) is 20.4. The highest BCUT2D eigenvalue weighted by Gasteiger charge is 2.38. The number of hydrogen-bond donors (Lipinski definition) is 0. The fourth-order valence-corrected chi connectivity index (χ4v) is 5.99. The maximum Gasteiger partial charge on any atom is 0.254 e. The van der Waals surface area contributed by atoms with Crippen LogP contribution in [0.25, 0.3) is 0 Å². The smallest absolute Gasteiger partial charge is 0.254 e. The third-order valence-electron chi connectivity index (χ3n) is 4.76. The van der Waals surface area contributed by atoms with Gasteiger partial charge in [-0.15, -0.1) is 11.3 Å². The Morgan fingerprint density at radius 2 is 1.97 bits per heavy atom. The Balaban J connectivity index is 1.70. The number of thiophene rings is 1. The summed E-state index contributed by atoms with van der Waals surface area (Å²) >= 11 is 1.17. The molecule has 0 spiro atoms. The van der Waals surface area contributed by atoms with Gasteiger partial charge in [0.2, 0.25) is 0 Å². The predicted octanol–water partition coefficient (Wildman–Crippen LogP) is 2.72. The lowest BCUT2D eigenvalue weighted by Crippen LogP contribution is -2.40. The Labute approximate surface area is 172 Å². The molecule has 0 aliphatic carbocycles. The lowest BCUT2D eigenvalue weighted by atomic mass is 10.1. The van der Waals surface area contributed by atoms with Crippen molar-refractivity contribution >= 4 is 27.3 Å². The number of amides is 1. The molecule has 8 nitrogen and oxygen atoms in total. The minimum atomic E-state index is -3.67. The van der Waals surface area contributed by atoms with Gasteiger partial charge < -0.3 is 9.42 Å². The summed E-state index contributed by atoms with van der Waals surface area (Å²) < 4.78 is 33.2. The zero-order valence-electron chi connectivity index (χ0n) is 15.8. The van der Waals surface area contributed by atoms with Gasteiger partial charge in [0.15, 0.2) is 5.82 Å². The summed E-state index contributed by atoms with van der Waals surface area (Å²) in [5, 5.41) is 5.57. The molecule has 4 rings (SSSR count). The molecule has 29 heavy (non-hydrogen) atoms. The molecule has 152 valence electrons. The SMILES string of the molecule is Cc1noc(C2CN(S(=O)(=O)c3cccs3)CCCN2C(=O)c2ccccc2)n1. The number of nitrogens with zero attached hydrogens (tertiary/aromatic N) is 4. The van der Waals surface area contributed by atoms with E-state index in [-0.39, 0.29) is 22.6 Å². The number of aromatic nitrogens is 2. The fourth-order valence-electron chi connectivity index (χ4n) is 3.36. The molecule has 1 aromatic carbocycles. The molecule has 1 aliphatic heterocycles. The fraction of sp³-hybridized carbons (Fsp3) is 0.316. The maximum absolute atomic E-state index is 13.2. The summed E-state index contributed by atoms with van der Waals surface area (Å²) in [5.74, 6) is 0.478. The number of hydrogen-bond acceptors (Lipinski definition) is 7. The number of rotatable bonds is 4. The molecular formula is C19H20N4O4S2. The van der Waals surface area contributed by atoms with E-state index < -0.39 is 16.1 Å². The minimum absolute atomic E-state index is 0.0560. The van der Waals surface area contributed by atoms with Gasteiger partial charge in [-0.2, -0.15) is 9.29 Å². The Kier molecular flexibility index (Phi) is 5.48. The molecule has 0 radical (unpaired) electrons. The van der Waals surface area contributed by atoms with Crippen LogP contribution in [0.5, 0.6) is 0 Å². The first-order valence-electron chi connectivity index (χ1n) is 9.16. The summed E-state index contributed by atoms with van der Waals surface area (Å²) in [4.78, 5) is 19.1. The Morgan fingerprint density at radius 3 is 2.62 bits per heavy atom. The average Bonchev–Trinajstić information content (AvgIpc) is 3.36. The van der Waals surface area contributed by atoms with Crippen LogP contribution in [0, 0.1) is 6.92 Å². The number of sulfonamides is 1. The van der Waals surface area contributed by atoms with Gasteiger partial charge in [-0.3, -0.25) is 4.79 Å². The minimum Gasteiger partial charge on any atom is -0.337 e. The van der Waals surface area contributed by atoms with Gasteiger partial charge in [-0.05, 0) is 36.9 Å². The van der Waals surface area contributed by atoms with Crippen LogP contribution in [-0.2, 0) is 10.0 Å². The normalized spacial score (nSPS) is 18.5. The highest BCUT2D eigenvalue weighted by molar-refractivity contribution is 7.91. The third kappa shape index (κ3) is 3.96. The van der Waals surface area contributed by atoms with Gasteiger partial charge in [0.1, 0.15) is 10.3 Å². The van der Waals surface area contributed by atoms with Crippen molar-refractivity contribution in [1.82, 2.24) is 19.3 Å². The van der Waals surface area contributed by atoms with Crippen molar-refractivity contribution in [3.05, 3.63) is 65.1 Å². The maximum atomic E-state index is 13.2. The summed E-state index contributed by atoms with van der Waals surface area (Å²) in [6.07, 6.45) is 0.507. The zero-order valence-corrected chi connectivity index (χ0v) is 17.4. The lowest BCUT2D eigenvalue weighted by molar-refractivity contribution is 0.0648. The van der Waals surface area contributed by atoms with E-state index in [0.29, 0.717) is 30.9 Å². The van der Waals surface area contributed by atoms with Gasteiger partial charge in [0.05, 0.1) is 0 Å². The van der Waals surface area contributed by atoms with Crippen LogP contribution in [0.1, 0.15) is 34.5 Å². The van der Waals surface area contributed by atoms with Crippen LogP contribution < -0.4 is 0 Å². The van der Waals surface area contributed by atoms with Crippen molar-refractivity contribution in [2.75, 3.05) is 19.6 Å². The van der Waals surface area contributed by atoms with Gasteiger partial charge in [0, 0.05) is 25.2 Å². The Bertz CT molecular complexity index is 1080. The van der Waals surface area contributed by atoms with Crippen molar-refractivity contribution < 1.29 is 17.7 Å². The first kappa shape index (κ1) is 19.7. The number of carbonyl (C=O) groups excluding carboxylic acids is 1. The molecule has 10 heteroatoms. The Hall–Kier alpha value is -2.56. The van der Waals surface area contributed by atoms with Crippen molar-refractivity contribution in [3.63, 3.8) is 0 Å².